The highest BCUT2D eigenvalue weighted by molar-refractivity contribution is 7.48. The van der Waals surface area contributed by atoms with E-state index in [4.69, 9.17) is 33.6 Å². The van der Waals surface area contributed by atoms with Crippen LogP contribution in [0.4, 0.5) is 5.82 Å². The van der Waals surface area contributed by atoms with Crippen molar-refractivity contribution in [3.8, 4) is 0 Å². The van der Waals surface area contributed by atoms with Gasteiger partial charge in [-0.2, -0.15) is 9.97 Å². The molecule has 4 rings (SSSR count). The number of aliphatic hydroxyl groups is 2. The Morgan fingerprint density at radius 3 is 2.72 bits per heavy atom. The lowest BCUT2D eigenvalue weighted by Crippen LogP contribution is -2.36. The SMILES string of the molecule is [2H]C([2H])(OP(=O)(OCC)OCC)[C@@]12C[C@@H]1[C@@H](n1cnc3c(N)nc(Cl)nc31)[C@H](O)[C@@H]2O. The zero-order valence-corrected chi connectivity index (χ0v) is 17.4. The molecule has 0 spiro atoms. The standard InChI is InChI=1S/C16H23ClN5O6P/c1-3-26-29(25,27-4-2)28-6-16-5-8(16)10(11(23)12(16)24)22-7-19-9-13(18)20-15(17)21-14(9)22/h7-8,10-12,23-24H,3-6H2,1-2H3,(H2,18,20,21)/t8-,10-,11+,12+,16+/m1/s1/i6D2. The molecule has 2 aromatic rings. The Bertz CT molecular complexity index is 1050. The van der Waals surface area contributed by atoms with Crippen molar-refractivity contribution < 1.29 is 31.1 Å². The third-order valence-corrected chi connectivity index (χ3v) is 6.97. The maximum Gasteiger partial charge on any atom is 0.474 e. The van der Waals surface area contributed by atoms with Gasteiger partial charge in [-0.05, 0) is 37.8 Å². The van der Waals surface area contributed by atoms with Gasteiger partial charge >= 0.3 is 7.82 Å². The summed E-state index contributed by atoms with van der Waals surface area (Å²) < 4.78 is 46.6. The molecule has 4 N–H and O–H groups in total. The molecule has 0 radical (unpaired) electrons. The third kappa shape index (κ3) is 3.34. The van der Waals surface area contributed by atoms with E-state index in [1.165, 1.54) is 10.9 Å². The molecular weight excluding hydrogens is 425 g/mol. The van der Waals surface area contributed by atoms with Gasteiger partial charge in [0.15, 0.2) is 11.5 Å². The van der Waals surface area contributed by atoms with Crippen molar-refractivity contribution in [1.82, 2.24) is 19.5 Å². The minimum Gasteiger partial charge on any atom is -0.390 e. The molecule has 0 bridgehead atoms. The maximum atomic E-state index is 12.8. The van der Waals surface area contributed by atoms with Gasteiger partial charge in [-0.3, -0.25) is 13.6 Å². The molecule has 0 unspecified atom stereocenters. The van der Waals surface area contributed by atoms with Crippen LogP contribution in [0.3, 0.4) is 0 Å². The minimum atomic E-state index is -4.23. The van der Waals surface area contributed by atoms with Crippen LogP contribution in [-0.4, -0.2) is 61.7 Å². The molecule has 2 saturated carbocycles. The normalized spacial score (nSPS) is 32.9. The summed E-state index contributed by atoms with van der Waals surface area (Å²) in [7, 11) is -4.23. The Labute approximate surface area is 174 Å². The van der Waals surface area contributed by atoms with Gasteiger partial charge < -0.3 is 20.5 Å². The number of phosphoric acid groups is 1. The fraction of sp³-hybridized carbons (Fsp3) is 0.688. The lowest BCUT2D eigenvalue weighted by atomic mass is 10.0. The quantitative estimate of drug-likeness (QED) is 0.399. The summed E-state index contributed by atoms with van der Waals surface area (Å²) in [5.41, 5.74) is 4.80. The van der Waals surface area contributed by atoms with Crippen molar-refractivity contribution in [2.75, 3.05) is 25.5 Å². The van der Waals surface area contributed by atoms with Gasteiger partial charge in [-0.1, -0.05) is 0 Å². The van der Waals surface area contributed by atoms with Crippen LogP contribution in [-0.2, 0) is 18.1 Å². The lowest BCUT2D eigenvalue weighted by Gasteiger charge is -2.25. The minimum absolute atomic E-state index is 0.0273. The molecule has 2 heterocycles. The molecule has 0 aliphatic heterocycles. The number of halogens is 1. The number of aliphatic hydroxyl groups excluding tert-OH is 2. The third-order valence-electron chi connectivity index (χ3n) is 5.34. The predicted molar refractivity (Wildman–Crippen MR) is 103 cm³/mol. The Hall–Kier alpha value is -1.33. The molecule has 2 fully saturated rings. The van der Waals surface area contributed by atoms with Crippen LogP contribution in [0.1, 0.15) is 29.1 Å². The number of imidazole rings is 1. The van der Waals surface area contributed by atoms with Crippen LogP contribution >= 0.6 is 19.4 Å². The molecule has 0 amide bonds. The predicted octanol–water partition coefficient (Wildman–Crippen LogP) is 1.54. The summed E-state index contributed by atoms with van der Waals surface area (Å²) in [6.07, 6.45) is -1.39. The number of hydrogen-bond acceptors (Lipinski definition) is 10. The van der Waals surface area contributed by atoms with Crippen molar-refractivity contribution in [3.05, 3.63) is 11.6 Å². The number of nitrogens with zero attached hydrogens (tertiary/aromatic N) is 4. The smallest absolute Gasteiger partial charge is 0.390 e. The summed E-state index contributed by atoms with van der Waals surface area (Å²) in [6, 6.07) is -0.803. The molecule has 2 aromatic heterocycles. The van der Waals surface area contributed by atoms with E-state index in [0.717, 1.165) is 0 Å². The number of fused-ring (bicyclic) bond motifs is 2. The van der Waals surface area contributed by atoms with Crippen LogP contribution in [0.5, 0.6) is 0 Å². The largest absolute Gasteiger partial charge is 0.474 e. The van der Waals surface area contributed by atoms with Crippen molar-refractivity contribution in [3.63, 3.8) is 0 Å². The van der Waals surface area contributed by atoms with E-state index in [1.54, 1.807) is 13.8 Å². The average molecular weight is 450 g/mol. The monoisotopic (exact) mass is 449 g/mol. The van der Waals surface area contributed by atoms with Crippen LogP contribution in [0.15, 0.2) is 6.33 Å². The Balaban J connectivity index is 1.70. The van der Waals surface area contributed by atoms with Crippen LogP contribution in [0, 0.1) is 11.3 Å². The Morgan fingerprint density at radius 1 is 1.38 bits per heavy atom. The van der Waals surface area contributed by atoms with Gasteiger partial charge in [0.1, 0.15) is 11.6 Å². The molecule has 2 aliphatic rings. The van der Waals surface area contributed by atoms with Crippen molar-refractivity contribution in [2.24, 2.45) is 11.3 Å². The number of aromatic nitrogens is 4. The van der Waals surface area contributed by atoms with E-state index in [2.05, 4.69) is 15.0 Å². The van der Waals surface area contributed by atoms with Crippen molar-refractivity contribution in [1.29, 1.82) is 0 Å². The molecule has 5 atom stereocenters. The number of anilines is 1. The van der Waals surface area contributed by atoms with Gasteiger partial charge in [0.05, 0.1) is 41.0 Å². The fourth-order valence-corrected chi connectivity index (χ4v) is 5.28. The molecule has 11 nitrogen and oxygen atoms in total. The topological polar surface area (TPSA) is 155 Å². The number of hydrogen-bond donors (Lipinski definition) is 3. The molecular formula is C16H23ClN5O6P. The second-order valence-corrected chi connectivity index (χ2v) is 8.89. The second kappa shape index (κ2) is 7.42. The Morgan fingerprint density at radius 2 is 2.07 bits per heavy atom. The zero-order chi connectivity index (χ0) is 22.8. The van der Waals surface area contributed by atoms with Gasteiger partial charge in [0, 0.05) is 5.41 Å². The fourth-order valence-electron chi connectivity index (χ4n) is 4.01. The van der Waals surface area contributed by atoms with Crippen molar-refractivity contribution >= 4 is 36.4 Å². The van der Waals surface area contributed by atoms with Gasteiger partial charge in [0.25, 0.3) is 0 Å². The number of nitrogens with two attached hydrogens (primary N) is 1. The maximum absolute atomic E-state index is 12.8. The zero-order valence-electron chi connectivity index (χ0n) is 17.7. The van der Waals surface area contributed by atoms with Crippen LogP contribution in [0.2, 0.25) is 5.28 Å². The first-order valence-electron chi connectivity index (χ1n) is 10.1. The Kier molecular flexibility index (Phi) is 4.72. The lowest BCUT2D eigenvalue weighted by molar-refractivity contribution is -0.0315. The highest BCUT2D eigenvalue weighted by atomic mass is 35.5. The highest BCUT2D eigenvalue weighted by Gasteiger charge is 2.72. The van der Waals surface area contributed by atoms with E-state index < -0.39 is 44.0 Å². The van der Waals surface area contributed by atoms with Gasteiger partial charge in [-0.15, -0.1) is 0 Å². The average Bonchev–Trinajstić information content (AvgIpc) is 3.21. The summed E-state index contributed by atoms with van der Waals surface area (Å²) >= 11 is 5.91. The number of phosphoric ester groups is 1. The molecule has 29 heavy (non-hydrogen) atoms. The number of nitrogen functional groups attached to an aromatic ring is 1. The van der Waals surface area contributed by atoms with E-state index in [9.17, 15) is 14.8 Å². The molecule has 0 saturated heterocycles. The summed E-state index contributed by atoms with van der Waals surface area (Å²) in [5, 5.41) is 21.5. The number of rotatable bonds is 8. The summed E-state index contributed by atoms with van der Waals surface area (Å²) in [5.74, 6) is -0.534. The first kappa shape index (κ1) is 18.4. The van der Waals surface area contributed by atoms with Crippen molar-refractivity contribution in [2.45, 2.75) is 38.5 Å². The van der Waals surface area contributed by atoms with E-state index in [1.807, 2.05) is 0 Å². The van der Waals surface area contributed by atoms with Crippen LogP contribution < -0.4 is 5.73 Å². The second-order valence-electron chi connectivity index (χ2n) is 6.96. The first-order chi connectivity index (χ1) is 14.5. The summed E-state index contributed by atoms with van der Waals surface area (Å²) in [6.45, 7) is 0.446. The molecule has 160 valence electrons. The molecule has 2 aliphatic carbocycles. The van der Waals surface area contributed by atoms with Gasteiger partial charge in [0.2, 0.25) is 5.28 Å². The van der Waals surface area contributed by atoms with E-state index in [-0.39, 0.29) is 41.9 Å². The molecule has 13 heteroatoms. The highest BCUT2D eigenvalue weighted by Crippen LogP contribution is 2.69. The molecule has 0 aromatic carbocycles. The van der Waals surface area contributed by atoms with E-state index >= 15 is 0 Å². The van der Waals surface area contributed by atoms with Crippen LogP contribution in [0.25, 0.3) is 11.2 Å². The first-order valence-corrected chi connectivity index (χ1v) is 11.0. The summed E-state index contributed by atoms with van der Waals surface area (Å²) in [4.78, 5) is 12.1. The van der Waals surface area contributed by atoms with Gasteiger partial charge in [-0.25, -0.2) is 9.55 Å². The van der Waals surface area contributed by atoms with E-state index in [0.29, 0.717) is 0 Å².